The highest BCUT2D eigenvalue weighted by atomic mass is 16.8. The van der Waals surface area contributed by atoms with Crippen LogP contribution in [0.25, 0.3) is 0 Å². The zero-order valence-electron chi connectivity index (χ0n) is 29.3. The van der Waals surface area contributed by atoms with Crippen molar-refractivity contribution in [3.05, 3.63) is 0 Å². The van der Waals surface area contributed by atoms with Gasteiger partial charge in [-0.3, -0.25) is 9.59 Å². The molecule has 0 aromatic rings. The molecule has 2 heterocycles. The summed E-state index contributed by atoms with van der Waals surface area (Å²) >= 11 is 0. The van der Waals surface area contributed by atoms with Crippen LogP contribution in [0.1, 0.15) is 115 Å². The Morgan fingerprint density at radius 2 is 1.14 bits per heavy atom. The molecule has 2 saturated heterocycles. The summed E-state index contributed by atoms with van der Waals surface area (Å²) in [5, 5.41) is 27.8. The summed E-state index contributed by atoms with van der Waals surface area (Å²) in [5.74, 6) is -2.40. The molecule has 7 unspecified atom stereocenters. The number of amides is 2. The van der Waals surface area contributed by atoms with Gasteiger partial charge in [0.05, 0.1) is 13.2 Å². The summed E-state index contributed by atoms with van der Waals surface area (Å²) < 4.78 is 23.6. The number of hydrogen-bond acceptors (Lipinski definition) is 9. The zero-order chi connectivity index (χ0) is 33.8. The van der Waals surface area contributed by atoms with Crippen molar-refractivity contribution in [3.63, 3.8) is 0 Å². The van der Waals surface area contributed by atoms with Crippen LogP contribution < -0.4 is 16.4 Å². The molecule has 0 spiro atoms. The van der Waals surface area contributed by atoms with Crippen LogP contribution in [0.4, 0.5) is 0 Å². The molecule has 0 aromatic carbocycles. The molecule has 6 N–H and O–H groups in total. The van der Waals surface area contributed by atoms with Crippen LogP contribution in [0.2, 0.25) is 0 Å². The average molecular weight is 630 g/mol. The molecule has 11 heteroatoms. The summed E-state index contributed by atoms with van der Waals surface area (Å²) in [6, 6.07) is 0. The fourth-order valence-corrected chi connectivity index (χ4v) is 6.60. The monoisotopic (exact) mass is 629 g/mol. The molecule has 0 radical (unpaired) electrons. The minimum Gasteiger partial charge on any atom is -0.387 e. The van der Waals surface area contributed by atoms with Gasteiger partial charge in [-0.05, 0) is 49.9 Å². The Morgan fingerprint density at radius 1 is 0.750 bits per heavy atom. The molecule has 0 aliphatic carbocycles. The lowest BCUT2D eigenvalue weighted by Crippen LogP contribution is -2.50. The average Bonchev–Trinajstić information content (AvgIpc) is 3.44. The Kier molecular flexibility index (Phi) is 12.9. The van der Waals surface area contributed by atoms with Gasteiger partial charge in [-0.2, -0.15) is 0 Å². The quantitative estimate of drug-likeness (QED) is 0.183. The largest absolute Gasteiger partial charge is 0.387 e. The Morgan fingerprint density at radius 3 is 1.52 bits per heavy atom. The SMILES string of the molecule is CC(C)(C)CC(C)(C)CNC(=O)CCC1(C)OCC(C(O)C(O)C2COC(C)(CCC(=O)NCC(C)(N)CC(C)(C)C)O2)O1. The topological polar surface area (TPSA) is 162 Å². The van der Waals surface area contributed by atoms with Gasteiger partial charge in [-0.25, -0.2) is 0 Å². The second kappa shape index (κ2) is 14.6. The molecule has 0 aromatic heterocycles. The van der Waals surface area contributed by atoms with Crippen molar-refractivity contribution in [1.82, 2.24) is 10.6 Å². The predicted octanol–water partition coefficient (Wildman–Crippen LogP) is 3.38. The molecular formula is C33H63N3O8. The second-order valence-corrected chi connectivity index (χ2v) is 17.0. The fraction of sp³-hybridized carbons (Fsp3) is 0.939. The Hall–Kier alpha value is -1.34. The first-order chi connectivity index (χ1) is 19.8. The van der Waals surface area contributed by atoms with Gasteiger partial charge in [0.25, 0.3) is 0 Å². The summed E-state index contributed by atoms with van der Waals surface area (Å²) in [6.45, 7) is 23.6. The smallest absolute Gasteiger partial charge is 0.220 e. The normalized spacial score (nSPS) is 29.2. The van der Waals surface area contributed by atoms with Crippen LogP contribution in [-0.4, -0.2) is 89.9 Å². The van der Waals surface area contributed by atoms with Crippen LogP contribution in [-0.2, 0) is 28.5 Å². The van der Waals surface area contributed by atoms with Crippen molar-refractivity contribution in [2.45, 2.75) is 156 Å². The first kappa shape index (κ1) is 38.8. The zero-order valence-corrected chi connectivity index (χ0v) is 29.3. The van der Waals surface area contributed by atoms with E-state index in [1.807, 2.05) is 6.92 Å². The van der Waals surface area contributed by atoms with Gasteiger partial charge in [0.2, 0.25) is 11.8 Å². The van der Waals surface area contributed by atoms with Crippen LogP contribution in [0.3, 0.4) is 0 Å². The molecule has 2 fully saturated rings. The lowest BCUT2D eigenvalue weighted by molar-refractivity contribution is -0.197. The van der Waals surface area contributed by atoms with E-state index in [-0.39, 0.29) is 60.5 Å². The second-order valence-electron chi connectivity index (χ2n) is 17.0. The van der Waals surface area contributed by atoms with Crippen molar-refractivity contribution in [2.75, 3.05) is 26.3 Å². The lowest BCUT2D eigenvalue weighted by atomic mass is 9.76. The van der Waals surface area contributed by atoms with E-state index in [2.05, 4.69) is 66.0 Å². The Bertz CT molecular complexity index is 884. The van der Waals surface area contributed by atoms with Crippen LogP contribution in [0, 0.1) is 16.2 Å². The molecule has 0 bridgehead atoms. The third-order valence-electron chi connectivity index (χ3n) is 8.03. The number of carbonyl (C=O) groups is 2. The van der Waals surface area contributed by atoms with E-state index >= 15 is 0 Å². The first-order valence-corrected chi connectivity index (χ1v) is 16.1. The van der Waals surface area contributed by atoms with Crippen LogP contribution in [0.15, 0.2) is 0 Å². The van der Waals surface area contributed by atoms with Crippen molar-refractivity contribution < 1.29 is 38.7 Å². The summed E-state index contributed by atoms with van der Waals surface area (Å²) in [7, 11) is 0. The first-order valence-electron chi connectivity index (χ1n) is 16.1. The van der Waals surface area contributed by atoms with E-state index in [4.69, 9.17) is 24.7 Å². The number of rotatable bonds is 15. The van der Waals surface area contributed by atoms with E-state index in [0.29, 0.717) is 19.5 Å². The van der Waals surface area contributed by atoms with E-state index < -0.39 is 41.5 Å². The minimum atomic E-state index is -1.30. The maximum absolute atomic E-state index is 12.6. The number of carbonyl (C=O) groups excluding carboxylic acids is 2. The minimum absolute atomic E-state index is 0.0312. The number of nitrogens with one attached hydrogen (secondary N) is 2. The molecule has 2 amide bonds. The number of hydrogen-bond donors (Lipinski definition) is 5. The van der Waals surface area contributed by atoms with E-state index in [9.17, 15) is 19.8 Å². The van der Waals surface area contributed by atoms with Crippen molar-refractivity contribution >= 4 is 11.8 Å². The number of nitrogens with two attached hydrogens (primary N) is 1. The molecule has 0 saturated carbocycles. The van der Waals surface area contributed by atoms with Crippen molar-refractivity contribution in [3.8, 4) is 0 Å². The molecule has 2 aliphatic rings. The molecule has 258 valence electrons. The highest BCUT2D eigenvalue weighted by molar-refractivity contribution is 5.76. The predicted molar refractivity (Wildman–Crippen MR) is 169 cm³/mol. The number of ether oxygens (including phenoxy) is 4. The fourth-order valence-electron chi connectivity index (χ4n) is 6.60. The maximum atomic E-state index is 12.6. The Labute approximate surface area is 265 Å². The summed E-state index contributed by atoms with van der Waals surface area (Å²) in [5.41, 5.74) is 6.01. The molecule has 44 heavy (non-hydrogen) atoms. The van der Waals surface area contributed by atoms with Crippen LogP contribution in [0.5, 0.6) is 0 Å². The van der Waals surface area contributed by atoms with Crippen molar-refractivity contribution in [2.24, 2.45) is 22.0 Å². The van der Waals surface area contributed by atoms with Gasteiger partial charge < -0.3 is 45.5 Å². The standard InChI is InChI=1S/C33H63N3O8/c1-28(2,3)18-30(7,8)20-35-24(37)12-14-32(10)41-16-22(43-32)26(39)27(40)23-17-42-33(11,44-23)15-13-25(38)36-21-31(9,34)19-29(4,5)6/h22-23,26-27,39-40H,12-21,34H2,1-11H3,(H,35,37)(H,36,38). The highest BCUT2D eigenvalue weighted by Crippen LogP contribution is 2.35. The summed E-state index contributed by atoms with van der Waals surface area (Å²) in [4.78, 5) is 25.1. The van der Waals surface area contributed by atoms with Gasteiger partial charge in [-0.1, -0.05) is 55.4 Å². The van der Waals surface area contributed by atoms with Gasteiger partial charge in [0, 0.05) is 44.3 Å². The molecular weight excluding hydrogens is 566 g/mol. The maximum Gasteiger partial charge on any atom is 0.220 e. The highest BCUT2D eigenvalue weighted by Gasteiger charge is 2.48. The van der Waals surface area contributed by atoms with Gasteiger partial charge >= 0.3 is 0 Å². The third kappa shape index (κ3) is 13.6. The van der Waals surface area contributed by atoms with E-state index in [1.54, 1.807) is 13.8 Å². The third-order valence-corrected chi connectivity index (χ3v) is 8.03. The van der Waals surface area contributed by atoms with Gasteiger partial charge in [0.15, 0.2) is 11.6 Å². The molecule has 11 nitrogen and oxygen atoms in total. The molecule has 7 atom stereocenters. The van der Waals surface area contributed by atoms with Gasteiger partial charge in [0.1, 0.15) is 24.4 Å². The van der Waals surface area contributed by atoms with Crippen LogP contribution >= 0.6 is 0 Å². The molecule has 2 aliphatic heterocycles. The molecule has 2 rings (SSSR count). The van der Waals surface area contributed by atoms with E-state index in [0.717, 1.165) is 12.8 Å². The number of aliphatic hydroxyl groups is 2. The van der Waals surface area contributed by atoms with Gasteiger partial charge in [-0.15, -0.1) is 0 Å². The Balaban J connectivity index is 1.77. The summed E-state index contributed by atoms with van der Waals surface area (Å²) in [6.07, 6.45) is -1.53. The lowest BCUT2D eigenvalue weighted by Gasteiger charge is -2.32. The van der Waals surface area contributed by atoms with E-state index in [1.165, 1.54) is 0 Å². The number of aliphatic hydroxyl groups excluding tert-OH is 2. The van der Waals surface area contributed by atoms with Crippen molar-refractivity contribution in [1.29, 1.82) is 0 Å².